The van der Waals surface area contributed by atoms with Gasteiger partial charge in [0.15, 0.2) is 4.77 Å². The zero-order valence-corrected chi connectivity index (χ0v) is 11.6. The van der Waals surface area contributed by atoms with Gasteiger partial charge in [0.25, 0.3) is 0 Å². The van der Waals surface area contributed by atoms with Crippen LogP contribution in [0.3, 0.4) is 0 Å². The third-order valence-corrected chi connectivity index (χ3v) is 4.26. The fourth-order valence-electron chi connectivity index (χ4n) is 2.71. The van der Waals surface area contributed by atoms with Crippen molar-refractivity contribution in [2.45, 2.75) is 64.3 Å². The second kappa shape index (κ2) is 3.73. The molecule has 1 aliphatic carbocycles. The first kappa shape index (κ1) is 11.9. The summed E-state index contributed by atoms with van der Waals surface area (Å²) >= 11 is 5.46. The predicted octanol–water partition coefficient (Wildman–Crippen LogP) is 4.13. The van der Waals surface area contributed by atoms with Crippen LogP contribution in [0.4, 0.5) is 0 Å². The van der Waals surface area contributed by atoms with Crippen LogP contribution in [0.2, 0.25) is 0 Å². The van der Waals surface area contributed by atoms with Gasteiger partial charge in [-0.1, -0.05) is 27.7 Å². The van der Waals surface area contributed by atoms with Gasteiger partial charge in [-0.3, -0.25) is 0 Å². The molecular formula is C13H22N2S. The molecule has 0 atom stereocenters. The van der Waals surface area contributed by atoms with Gasteiger partial charge in [-0.15, -0.1) is 0 Å². The Kier molecular flexibility index (Phi) is 2.77. The lowest BCUT2D eigenvalue weighted by Crippen LogP contribution is -2.42. The quantitative estimate of drug-likeness (QED) is 0.768. The molecule has 1 N–H and O–H groups in total. The molecule has 0 saturated heterocycles. The molecule has 0 spiro atoms. The van der Waals surface area contributed by atoms with Gasteiger partial charge in [-0.05, 0) is 37.9 Å². The van der Waals surface area contributed by atoms with Crippen LogP contribution >= 0.6 is 12.2 Å². The third kappa shape index (κ3) is 1.65. The van der Waals surface area contributed by atoms with Crippen LogP contribution < -0.4 is 0 Å². The van der Waals surface area contributed by atoms with Crippen molar-refractivity contribution >= 4 is 12.2 Å². The highest BCUT2D eigenvalue weighted by Crippen LogP contribution is 2.44. The number of hydrogen-bond acceptors (Lipinski definition) is 1. The zero-order chi connectivity index (χ0) is 12.0. The first-order chi connectivity index (χ1) is 7.41. The maximum absolute atomic E-state index is 5.46. The highest BCUT2D eigenvalue weighted by Gasteiger charge is 2.40. The van der Waals surface area contributed by atoms with Crippen molar-refractivity contribution in [3.63, 3.8) is 0 Å². The minimum Gasteiger partial charge on any atom is -0.337 e. The number of aromatic nitrogens is 2. The van der Waals surface area contributed by atoms with Crippen LogP contribution in [0.15, 0.2) is 6.20 Å². The smallest absolute Gasteiger partial charge is 0.177 e. The number of H-pyrrole nitrogens is 1. The lowest BCUT2D eigenvalue weighted by Gasteiger charge is -2.45. The molecule has 1 saturated carbocycles. The van der Waals surface area contributed by atoms with Crippen LogP contribution in [-0.4, -0.2) is 9.55 Å². The van der Waals surface area contributed by atoms with Crippen molar-refractivity contribution < 1.29 is 0 Å². The van der Waals surface area contributed by atoms with E-state index in [0.717, 1.165) is 4.77 Å². The van der Waals surface area contributed by atoms with Gasteiger partial charge < -0.3 is 9.55 Å². The second-order valence-corrected chi connectivity index (χ2v) is 6.38. The lowest BCUT2D eigenvalue weighted by atomic mass is 9.73. The van der Waals surface area contributed by atoms with Crippen molar-refractivity contribution in [2.75, 3.05) is 0 Å². The Balaban J connectivity index is 2.55. The molecule has 90 valence electrons. The molecule has 0 unspecified atom stereocenters. The summed E-state index contributed by atoms with van der Waals surface area (Å²) in [5.74, 6) is 0. The van der Waals surface area contributed by atoms with Crippen LogP contribution in [0.1, 0.15) is 59.1 Å². The summed E-state index contributed by atoms with van der Waals surface area (Å²) in [6, 6.07) is 0. The van der Waals surface area contributed by atoms with E-state index in [-0.39, 0.29) is 5.41 Å². The molecule has 2 rings (SSSR count). The summed E-state index contributed by atoms with van der Waals surface area (Å²) in [4.78, 5) is 3.23. The van der Waals surface area contributed by atoms with Crippen molar-refractivity contribution in [3.8, 4) is 0 Å². The maximum atomic E-state index is 5.46. The van der Waals surface area contributed by atoms with Crippen molar-refractivity contribution in [2.24, 2.45) is 0 Å². The Labute approximate surface area is 103 Å². The van der Waals surface area contributed by atoms with Gasteiger partial charge in [-0.25, -0.2) is 0 Å². The summed E-state index contributed by atoms with van der Waals surface area (Å²) in [7, 11) is 0. The van der Waals surface area contributed by atoms with Crippen LogP contribution in [0, 0.1) is 4.77 Å². The number of nitrogens with zero attached hydrogens (tertiary/aromatic N) is 1. The van der Waals surface area contributed by atoms with Crippen LogP contribution in [0.25, 0.3) is 0 Å². The standard InChI is InChI=1S/C13H22N2S/c1-5-13(7-6-8-13)15-10(12(2,3)4)9-14-11(15)16/h9H,5-8H2,1-4H3,(H,14,16). The molecule has 2 nitrogen and oxygen atoms in total. The number of nitrogens with one attached hydrogen (secondary N) is 1. The fraction of sp³-hybridized carbons (Fsp3) is 0.769. The molecular weight excluding hydrogens is 216 g/mol. The Hall–Kier alpha value is -0.570. The van der Waals surface area contributed by atoms with E-state index in [2.05, 4.69) is 43.4 Å². The van der Waals surface area contributed by atoms with E-state index < -0.39 is 0 Å². The van der Waals surface area contributed by atoms with E-state index in [0.29, 0.717) is 5.54 Å². The Bertz CT molecular complexity index is 424. The largest absolute Gasteiger partial charge is 0.337 e. The molecule has 1 aliphatic rings. The van der Waals surface area contributed by atoms with Gasteiger partial charge in [0, 0.05) is 22.8 Å². The van der Waals surface area contributed by atoms with Gasteiger partial charge in [-0.2, -0.15) is 0 Å². The van der Waals surface area contributed by atoms with Gasteiger partial charge in [0.05, 0.1) is 0 Å². The molecule has 0 bridgehead atoms. The molecule has 0 amide bonds. The number of aromatic amines is 1. The number of imidazole rings is 1. The van der Waals surface area contributed by atoms with Gasteiger partial charge in [0.1, 0.15) is 0 Å². The average Bonchev–Trinajstić information content (AvgIpc) is 2.47. The van der Waals surface area contributed by atoms with Gasteiger partial charge in [0.2, 0.25) is 0 Å². The summed E-state index contributed by atoms with van der Waals surface area (Å²) in [5, 5.41) is 0. The average molecular weight is 238 g/mol. The van der Waals surface area contributed by atoms with Crippen LogP contribution in [0.5, 0.6) is 0 Å². The first-order valence-electron chi connectivity index (χ1n) is 6.22. The SMILES string of the molecule is CCC1(n2c(C(C)(C)C)c[nH]c2=S)CCC1. The minimum absolute atomic E-state index is 0.158. The van der Waals surface area contributed by atoms with E-state index in [1.165, 1.54) is 31.4 Å². The van der Waals surface area contributed by atoms with Crippen molar-refractivity contribution in [1.82, 2.24) is 9.55 Å². The zero-order valence-electron chi connectivity index (χ0n) is 10.8. The molecule has 1 heterocycles. The van der Waals surface area contributed by atoms with E-state index in [1.54, 1.807) is 0 Å². The summed E-state index contributed by atoms with van der Waals surface area (Å²) in [6.07, 6.45) is 7.17. The fourth-order valence-corrected chi connectivity index (χ4v) is 3.06. The second-order valence-electron chi connectivity index (χ2n) is 6.00. The Morgan fingerprint density at radius 3 is 2.44 bits per heavy atom. The highest BCUT2D eigenvalue weighted by molar-refractivity contribution is 7.71. The molecule has 0 radical (unpaired) electrons. The molecule has 16 heavy (non-hydrogen) atoms. The predicted molar refractivity (Wildman–Crippen MR) is 70.4 cm³/mol. The first-order valence-corrected chi connectivity index (χ1v) is 6.63. The number of hydrogen-bond donors (Lipinski definition) is 1. The molecule has 3 heteroatoms. The molecule has 1 aromatic rings. The third-order valence-electron chi connectivity index (χ3n) is 3.96. The molecule has 0 aromatic carbocycles. The summed E-state index contributed by atoms with van der Waals surface area (Å²) < 4.78 is 3.29. The summed E-state index contributed by atoms with van der Waals surface area (Å²) in [6.45, 7) is 9.04. The summed E-state index contributed by atoms with van der Waals surface area (Å²) in [5.41, 5.74) is 1.81. The monoisotopic (exact) mass is 238 g/mol. The topological polar surface area (TPSA) is 20.7 Å². The highest BCUT2D eigenvalue weighted by atomic mass is 32.1. The van der Waals surface area contributed by atoms with E-state index in [1.807, 2.05) is 0 Å². The molecule has 0 aliphatic heterocycles. The van der Waals surface area contributed by atoms with E-state index >= 15 is 0 Å². The van der Waals surface area contributed by atoms with Crippen molar-refractivity contribution in [3.05, 3.63) is 16.7 Å². The minimum atomic E-state index is 0.158. The lowest BCUT2D eigenvalue weighted by molar-refractivity contribution is 0.126. The maximum Gasteiger partial charge on any atom is 0.177 e. The molecule has 1 aromatic heterocycles. The van der Waals surface area contributed by atoms with E-state index in [9.17, 15) is 0 Å². The van der Waals surface area contributed by atoms with E-state index in [4.69, 9.17) is 12.2 Å². The van der Waals surface area contributed by atoms with Crippen LogP contribution in [-0.2, 0) is 11.0 Å². The normalized spacial score (nSPS) is 19.5. The Morgan fingerprint density at radius 1 is 1.44 bits per heavy atom. The van der Waals surface area contributed by atoms with Crippen molar-refractivity contribution in [1.29, 1.82) is 0 Å². The Morgan fingerprint density at radius 2 is 2.06 bits per heavy atom. The number of rotatable bonds is 2. The molecule has 1 fully saturated rings. The van der Waals surface area contributed by atoms with Gasteiger partial charge >= 0.3 is 0 Å².